The van der Waals surface area contributed by atoms with Crippen molar-refractivity contribution < 1.29 is 58.8 Å². The summed E-state index contributed by atoms with van der Waals surface area (Å²) in [5.41, 5.74) is -0.854. The van der Waals surface area contributed by atoms with E-state index < -0.39 is 79.4 Å². The van der Waals surface area contributed by atoms with E-state index in [4.69, 9.17) is 32.1 Å². The first-order chi connectivity index (χ1) is 27.4. The highest BCUT2D eigenvalue weighted by molar-refractivity contribution is 7.87. The Labute approximate surface area is 341 Å². The molecule has 3 saturated carbocycles. The second kappa shape index (κ2) is 15.0. The molecule has 7 unspecified atom stereocenters. The molecule has 0 aromatic heterocycles. The zero-order chi connectivity index (χ0) is 41.6. The summed E-state index contributed by atoms with van der Waals surface area (Å²) in [7, 11) is -7.77. The molecule has 12 atom stereocenters. The number of rotatable bonds is 13. The third-order valence-corrected chi connectivity index (χ3v) is 17.2. The van der Waals surface area contributed by atoms with Gasteiger partial charge in [0.25, 0.3) is 20.2 Å². The third kappa shape index (κ3) is 6.20. The minimum Gasteiger partial charge on any atom is -0.481 e. The minimum atomic E-state index is -4.60. The first kappa shape index (κ1) is 42.0. The Morgan fingerprint density at radius 2 is 1.41 bits per heavy atom. The minimum absolute atomic E-state index is 0.0381. The molecule has 2 aliphatic heterocycles. The van der Waals surface area contributed by atoms with Gasteiger partial charge in [-0.1, -0.05) is 74.2 Å². The number of carboxylic acid groups (broad SMARTS) is 1. The molecule has 5 fully saturated rings. The van der Waals surface area contributed by atoms with Crippen LogP contribution in [0.5, 0.6) is 0 Å². The van der Waals surface area contributed by atoms with E-state index in [1.54, 1.807) is 31.2 Å². The summed E-state index contributed by atoms with van der Waals surface area (Å²) in [5.74, 6) is -0.801. The summed E-state index contributed by atoms with van der Waals surface area (Å²) in [6.45, 7) is 12.2. The van der Waals surface area contributed by atoms with Crippen molar-refractivity contribution in [1.29, 1.82) is 0 Å². The maximum Gasteiger partial charge on any atom is 0.315 e. The molecule has 1 N–H and O–H groups in total. The molecule has 0 radical (unpaired) electrons. The zero-order valence-corrected chi connectivity index (χ0v) is 35.8. The Kier molecular flexibility index (Phi) is 10.9. The summed E-state index contributed by atoms with van der Waals surface area (Å²) in [6, 6.07) is 12.1. The standard InChI is InChI=1S/C43H56O13S2/c1-24(2)34-20-29-21-42(40-51-18-19-52-40)33-17-12-27(5)32(33)22-41(29,43(34,42)39(44)45)23-53-38-37(56-58(48,49)31-15-10-26(4)11-16-31)36(35(50-7)28(6)54-38)55-57(46,47)30-13-8-25(3)9-14-30/h8-11,13-16,20,24,27-29,32-33,35-38,40H,12,17-19,21-23H2,1-7H3,(H,44,45)/t27?,28-,29?,32?,33?,35-,36-,37+,38-,41?,42?,43?/m1/s1. The molecule has 0 amide bonds. The van der Waals surface area contributed by atoms with Crippen molar-refractivity contribution in [3.63, 3.8) is 0 Å². The summed E-state index contributed by atoms with van der Waals surface area (Å²) in [6.07, 6.45) is -2.51. The summed E-state index contributed by atoms with van der Waals surface area (Å²) < 4.78 is 99.9. The van der Waals surface area contributed by atoms with Gasteiger partial charge in [-0.2, -0.15) is 16.8 Å². The lowest BCUT2D eigenvalue weighted by Gasteiger charge is -2.61. The molecule has 0 spiro atoms. The highest BCUT2D eigenvalue weighted by atomic mass is 32.2. The van der Waals surface area contributed by atoms with Crippen LogP contribution in [0, 0.1) is 59.7 Å². The van der Waals surface area contributed by atoms with Crippen molar-refractivity contribution in [2.75, 3.05) is 26.9 Å². The zero-order valence-electron chi connectivity index (χ0n) is 34.2. The Bertz CT molecular complexity index is 2130. The fraction of sp³-hybridized carbons (Fsp3) is 0.651. The number of aliphatic carboxylic acids is 1. The van der Waals surface area contributed by atoms with E-state index >= 15 is 0 Å². The van der Waals surface area contributed by atoms with Crippen LogP contribution in [0.1, 0.15) is 64.5 Å². The molecule has 2 aromatic rings. The number of methoxy groups -OCH3 is 1. The molecule has 2 aromatic carbocycles. The fourth-order valence-electron chi connectivity index (χ4n) is 12.2. The molecule has 318 valence electrons. The molecule has 2 heterocycles. The van der Waals surface area contributed by atoms with E-state index in [2.05, 4.69) is 13.0 Å². The average Bonchev–Trinajstić information content (AvgIpc) is 3.94. The molecule has 8 rings (SSSR count). The van der Waals surface area contributed by atoms with Crippen LogP contribution in [0.25, 0.3) is 0 Å². The molecular formula is C43H56O13S2. The maximum absolute atomic E-state index is 14.5. The van der Waals surface area contributed by atoms with Gasteiger partial charge < -0.3 is 28.8 Å². The van der Waals surface area contributed by atoms with Gasteiger partial charge in [-0.15, -0.1) is 0 Å². The van der Waals surface area contributed by atoms with Crippen molar-refractivity contribution in [1.82, 2.24) is 0 Å². The molecule has 6 aliphatic rings. The quantitative estimate of drug-likeness (QED) is 0.184. The van der Waals surface area contributed by atoms with Crippen LogP contribution in [-0.4, -0.2) is 91.8 Å². The fourth-order valence-corrected chi connectivity index (χ4v) is 14.4. The normalized spacial score (nSPS) is 38.6. The molecule has 2 saturated heterocycles. The number of hydrogen-bond acceptors (Lipinski definition) is 12. The van der Waals surface area contributed by atoms with Gasteiger partial charge in [-0.3, -0.25) is 13.2 Å². The maximum atomic E-state index is 14.5. The first-order valence-corrected chi connectivity index (χ1v) is 23.2. The highest BCUT2D eigenvalue weighted by Crippen LogP contribution is 2.84. The summed E-state index contributed by atoms with van der Waals surface area (Å²) in [5, 5.41) is 11.8. The van der Waals surface area contributed by atoms with Gasteiger partial charge in [-0.25, -0.2) is 0 Å². The second-order valence-electron chi connectivity index (χ2n) is 17.8. The SMILES string of the molecule is CO[C@H]1[C@@H](OS(=O)(=O)c2ccc(C)cc2)[C@H](OS(=O)(=O)c2ccc(C)cc2)[C@H](OCC23CC4C(C)CCC4C4(C5OCCO5)CC2C=C(C(C)C)C34C(=O)O)O[C@@H]1C. The van der Waals surface area contributed by atoms with Crippen LogP contribution < -0.4 is 0 Å². The molecule has 13 nitrogen and oxygen atoms in total. The number of fused-ring (bicyclic) bond motifs is 2. The van der Waals surface area contributed by atoms with Crippen molar-refractivity contribution in [3.05, 3.63) is 71.3 Å². The molecule has 4 aliphatic carbocycles. The lowest BCUT2D eigenvalue weighted by atomic mass is 9.42. The van der Waals surface area contributed by atoms with Crippen molar-refractivity contribution in [2.24, 2.45) is 45.8 Å². The van der Waals surface area contributed by atoms with Crippen LogP contribution in [-0.2, 0) is 57.1 Å². The van der Waals surface area contributed by atoms with E-state index in [1.807, 2.05) is 27.7 Å². The smallest absolute Gasteiger partial charge is 0.315 e. The van der Waals surface area contributed by atoms with E-state index in [9.17, 15) is 26.7 Å². The monoisotopic (exact) mass is 844 g/mol. The Hall–Kier alpha value is -2.73. The van der Waals surface area contributed by atoms with Gasteiger partial charge >= 0.3 is 5.97 Å². The Morgan fingerprint density at radius 1 is 0.845 bits per heavy atom. The largest absolute Gasteiger partial charge is 0.481 e. The van der Waals surface area contributed by atoms with Crippen LogP contribution >= 0.6 is 0 Å². The number of allylic oxidation sites excluding steroid dienone is 1. The predicted octanol–water partition coefficient (Wildman–Crippen LogP) is 6.03. The topological polar surface area (TPSA) is 170 Å². The van der Waals surface area contributed by atoms with Crippen molar-refractivity contribution >= 4 is 26.2 Å². The predicted molar refractivity (Wildman–Crippen MR) is 209 cm³/mol. The molecule has 58 heavy (non-hydrogen) atoms. The van der Waals surface area contributed by atoms with Gasteiger partial charge in [0.1, 0.15) is 17.6 Å². The third-order valence-electron chi connectivity index (χ3n) is 14.6. The van der Waals surface area contributed by atoms with E-state index in [-0.39, 0.29) is 40.1 Å². The lowest BCUT2D eigenvalue weighted by molar-refractivity contribution is -0.301. The van der Waals surface area contributed by atoms with Crippen LogP contribution in [0.3, 0.4) is 0 Å². The molecular weight excluding hydrogens is 789 g/mol. The first-order valence-electron chi connectivity index (χ1n) is 20.4. The summed E-state index contributed by atoms with van der Waals surface area (Å²) >= 11 is 0. The average molecular weight is 845 g/mol. The Balaban J connectivity index is 1.23. The van der Waals surface area contributed by atoms with Crippen LogP contribution in [0.2, 0.25) is 0 Å². The van der Waals surface area contributed by atoms with Crippen molar-refractivity contribution in [2.45, 2.75) is 114 Å². The van der Waals surface area contributed by atoms with E-state index in [0.29, 0.717) is 32.0 Å². The number of benzene rings is 2. The number of hydrogen-bond donors (Lipinski definition) is 1. The van der Waals surface area contributed by atoms with E-state index in [1.165, 1.54) is 31.4 Å². The number of carbonyl (C=O) groups is 1. The second-order valence-corrected chi connectivity index (χ2v) is 21.0. The van der Waals surface area contributed by atoms with Crippen LogP contribution in [0.4, 0.5) is 0 Å². The number of ether oxygens (including phenoxy) is 5. The molecule has 15 heteroatoms. The van der Waals surface area contributed by atoms with Crippen LogP contribution in [0.15, 0.2) is 70.0 Å². The van der Waals surface area contributed by atoms with Gasteiger partial charge in [0.05, 0.1) is 35.7 Å². The van der Waals surface area contributed by atoms with E-state index in [0.717, 1.165) is 29.5 Å². The number of aryl methyl sites for hydroxylation is 2. The lowest BCUT2D eigenvalue weighted by Crippen LogP contribution is -2.67. The van der Waals surface area contributed by atoms with Gasteiger partial charge in [-0.05, 0) is 93.9 Å². The highest BCUT2D eigenvalue weighted by Gasteiger charge is 2.86. The van der Waals surface area contributed by atoms with Gasteiger partial charge in [0.15, 0.2) is 18.7 Å². The Morgan fingerprint density at radius 3 is 1.95 bits per heavy atom. The van der Waals surface area contributed by atoms with Gasteiger partial charge in [0, 0.05) is 17.9 Å². The van der Waals surface area contributed by atoms with Crippen molar-refractivity contribution in [3.8, 4) is 0 Å². The molecule has 4 bridgehead atoms. The summed E-state index contributed by atoms with van der Waals surface area (Å²) in [4.78, 5) is 14.2. The number of carboxylic acids is 1. The van der Waals surface area contributed by atoms with Gasteiger partial charge in [0.2, 0.25) is 0 Å².